The van der Waals surface area contributed by atoms with Crippen molar-refractivity contribution in [2.24, 2.45) is 0 Å². The van der Waals surface area contributed by atoms with Gasteiger partial charge in [0, 0.05) is 11.1 Å². The molecule has 1 aromatic rings. The molecule has 0 saturated carbocycles. The van der Waals surface area contributed by atoms with Crippen molar-refractivity contribution in [2.45, 2.75) is 26.2 Å². The third kappa shape index (κ3) is 1.91. The minimum absolute atomic E-state index is 0.0801. The molecule has 0 radical (unpaired) electrons. The second kappa shape index (κ2) is 2.72. The van der Waals surface area contributed by atoms with Gasteiger partial charge in [-0.3, -0.25) is 0 Å². The van der Waals surface area contributed by atoms with Gasteiger partial charge in [0.15, 0.2) is 0 Å². The topological polar surface area (TPSA) is 15.8 Å². The molecule has 0 bridgehead atoms. The molecule has 0 atom stereocenters. The van der Waals surface area contributed by atoms with Crippen LogP contribution in [0.5, 0.6) is 0 Å². The molecule has 0 unspecified atom stereocenters. The molecule has 0 saturated heterocycles. The molecule has 62 valence electrons. The molecule has 1 aromatic heterocycles. The van der Waals surface area contributed by atoms with Gasteiger partial charge in [0.05, 0.1) is 5.02 Å². The van der Waals surface area contributed by atoms with E-state index in [0.717, 1.165) is 5.69 Å². The highest BCUT2D eigenvalue weighted by atomic mass is 35.5. The Balaban J connectivity index is 3.08. The van der Waals surface area contributed by atoms with Gasteiger partial charge >= 0.3 is 0 Å². The minimum atomic E-state index is 0.0801. The van der Waals surface area contributed by atoms with E-state index in [4.69, 9.17) is 23.2 Å². The van der Waals surface area contributed by atoms with Gasteiger partial charge < -0.3 is 4.98 Å². The van der Waals surface area contributed by atoms with E-state index in [0.29, 0.717) is 10.2 Å². The zero-order chi connectivity index (χ0) is 8.65. The quantitative estimate of drug-likeness (QED) is 0.646. The lowest BCUT2D eigenvalue weighted by molar-refractivity contribution is 0.573. The van der Waals surface area contributed by atoms with Crippen molar-refractivity contribution in [3.63, 3.8) is 0 Å². The van der Waals surface area contributed by atoms with Crippen LogP contribution in [-0.4, -0.2) is 4.98 Å². The van der Waals surface area contributed by atoms with Gasteiger partial charge in [0.1, 0.15) is 5.15 Å². The number of hydrogen-bond acceptors (Lipinski definition) is 0. The van der Waals surface area contributed by atoms with Crippen LogP contribution in [0.1, 0.15) is 26.5 Å². The zero-order valence-electron chi connectivity index (χ0n) is 6.83. The number of rotatable bonds is 0. The summed E-state index contributed by atoms with van der Waals surface area (Å²) in [5.74, 6) is 0. The van der Waals surface area contributed by atoms with Gasteiger partial charge in [-0.25, -0.2) is 0 Å². The lowest BCUT2D eigenvalue weighted by Gasteiger charge is -2.15. The molecular formula is C8H11Cl2N. The fourth-order valence-electron chi connectivity index (χ4n) is 0.808. The fraction of sp³-hybridized carbons (Fsp3) is 0.500. The average molecular weight is 192 g/mol. The molecule has 3 heteroatoms. The number of hydrogen-bond donors (Lipinski definition) is 1. The second-order valence-electron chi connectivity index (χ2n) is 3.59. The van der Waals surface area contributed by atoms with Crippen molar-refractivity contribution in [3.05, 3.63) is 21.9 Å². The van der Waals surface area contributed by atoms with E-state index in [9.17, 15) is 0 Å². The molecule has 0 amide bonds. The van der Waals surface area contributed by atoms with Crippen LogP contribution >= 0.6 is 23.2 Å². The highest BCUT2D eigenvalue weighted by Crippen LogP contribution is 2.29. The molecule has 0 aliphatic heterocycles. The summed E-state index contributed by atoms with van der Waals surface area (Å²) >= 11 is 11.5. The van der Waals surface area contributed by atoms with Crippen molar-refractivity contribution in [1.82, 2.24) is 4.98 Å². The average Bonchev–Trinajstić information content (AvgIpc) is 2.11. The molecular weight excluding hydrogens is 181 g/mol. The summed E-state index contributed by atoms with van der Waals surface area (Å²) in [6, 6.07) is 1.86. The van der Waals surface area contributed by atoms with Crippen molar-refractivity contribution in [2.75, 3.05) is 0 Å². The first-order valence-corrected chi connectivity index (χ1v) is 4.21. The normalized spacial score (nSPS) is 12.1. The van der Waals surface area contributed by atoms with Crippen molar-refractivity contribution in [1.29, 1.82) is 0 Å². The van der Waals surface area contributed by atoms with Gasteiger partial charge in [-0.2, -0.15) is 0 Å². The van der Waals surface area contributed by atoms with Gasteiger partial charge in [0.25, 0.3) is 0 Å². The first kappa shape index (κ1) is 8.95. The summed E-state index contributed by atoms with van der Waals surface area (Å²) < 4.78 is 0. The van der Waals surface area contributed by atoms with E-state index < -0.39 is 0 Å². The molecule has 1 nitrogen and oxygen atoms in total. The van der Waals surface area contributed by atoms with Crippen LogP contribution in [0.3, 0.4) is 0 Å². The summed E-state index contributed by atoms with van der Waals surface area (Å²) in [5, 5.41) is 1.12. The fourth-order valence-corrected chi connectivity index (χ4v) is 1.12. The Labute approximate surface area is 76.7 Å². The molecule has 1 rings (SSSR count). The van der Waals surface area contributed by atoms with Crippen molar-refractivity contribution < 1.29 is 0 Å². The maximum atomic E-state index is 5.77. The Morgan fingerprint density at radius 1 is 1.27 bits per heavy atom. The largest absolute Gasteiger partial charge is 0.348 e. The predicted octanol–water partition coefficient (Wildman–Crippen LogP) is 3.62. The van der Waals surface area contributed by atoms with Crippen LogP contribution in [0.25, 0.3) is 0 Å². The summed E-state index contributed by atoms with van der Waals surface area (Å²) in [5.41, 5.74) is 1.14. The van der Waals surface area contributed by atoms with Crippen LogP contribution in [0, 0.1) is 0 Å². The third-order valence-corrected chi connectivity index (χ3v) is 2.23. The summed E-state index contributed by atoms with van der Waals surface area (Å²) in [6.45, 7) is 6.31. The lowest BCUT2D eigenvalue weighted by atomic mass is 9.93. The Bertz CT molecular complexity index is 238. The van der Waals surface area contributed by atoms with Gasteiger partial charge in [-0.15, -0.1) is 0 Å². The van der Waals surface area contributed by atoms with E-state index >= 15 is 0 Å². The van der Waals surface area contributed by atoms with E-state index in [-0.39, 0.29) is 5.41 Å². The van der Waals surface area contributed by atoms with Gasteiger partial charge in [0.2, 0.25) is 0 Å². The highest BCUT2D eigenvalue weighted by Gasteiger charge is 2.17. The maximum absolute atomic E-state index is 5.77. The SMILES string of the molecule is CC(C)(C)c1cc(Cl)c(Cl)[nH]1. The summed E-state index contributed by atoms with van der Waals surface area (Å²) in [7, 11) is 0. The van der Waals surface area contributed by atoms with E-state index in [1.54, 1.807) is 0 Å². The minimum Gasteiger partial charge on any atom is -0.348 e. The van der Waals surface area contributed by atoms with E-state index in [2.05, 4.69) is 25.8 Å². The summed E-state index contributed by atoms with van der Waals surface area (Å²) in [4.78, 5) is 3.02. The molecule has 0 aromatic carbocycles. The molecule has 1 N–H and O–H groups in total. The Hall–Kier alpha value is -0.140. The highest BCUT2D eigenvalue weighted by molar-refractivity contribution is 6.41. The number of H-pyrrole nitrogens is 1. The molecule has 0 aliphatic rings. The molecule has 0 fully saturated rings. The van der Waals surface area contributed by atoms with Crippen LogP contribution in [0.2, 0.25) is 10.2 Å². The smallest absolute Gasteiger partial charge is 0.125 e. The first-order valence-electron chi connectivity index (χ1n) is 3.46. The monoisotopic (exact) mass is 191 g/mol. The third-order valence-electron chi connectivity index (χ3n) is 1.53. The Kier molecular flexibility index (Phi) is 2.22. The van der Waals surface area contributed by atoms with Crippen LogP contribution < -0.4 is 0 Å². The molecule has 0 spiro atoms. The van der Waals surface area contributed by atoms with Crippen molar-refractivity contribution in [3.8, 4) is 0 Å². The molecule has 11 heavy (non-hydrogen) atoms. The van der Waals surface area contributed by atoms with E-state index in [1.807, 2.05) is 6.07 Å². The van der Waals surface area contributed by atoms with Gasteiger partial charge in [-0.05, 0) is 6.07 Å². The van der Waals surface area contributed by atoms with E-state index in [1.165, 1.54) is 0 Å². The Morgan fingerprint density at radius 3 is 2.00 bits per heavy atom. The lowest BCUT2D eigenvalue weighted by Crippen LogP contribution is -2.10. The standard InChI is InChI=1S/C8H11Cl2N/c1-8(2,3)6-4-5(9)7(10)11-6/h4,11H,1-3H3. The molecule has 0 aliphatic carbocycles. The van der Waals surface area contributed by atoms with Crippen LogP contribution in [0.15, 0.2) is 6.07 Å². The number of aromatic nitrogens is 1. The molecule has 1 heterocycles. The Morgan fingerprint density at radius 2 is 1.82 bits per heavy atom. The number of nitrogens with one attached hydrogen (secondary N) is 1. The number of aromatic amines is 1. The predicted molar refractivity (Wildman–Crippen MR) is 49.5 cm³/mol. The van der Waals surface area contributed by atoms with Crippen LogP contribution in [0.4, 0.5) is 0 Å². The number of halogens is 2. The summed E-state index contributed by atoms with van der Waals surface area (Å²) in [6.07, 6.45) is 0. The maximum Gasteiger partial charge on any atom is 0.125 e. The van der Waals surface area contributed by atoms with Crippen LogP contribution in [-0.2, 0) is 5.41 Å². The zero-order valence-corrected chi connectivity index (χ0v) is 8.35. The van der Waals surface area contributed by atoms with Gasteiger partial charge in [-0.1, -0.05) is 44.0 Å². The first-order chi connectivity index (χ1) is 4.91. The van der Waals surface area contributed by atoms with Crippen molar-refractivity contribution >= 4 is 23.2 Å². The second-order valence-corrected chi connectivity index (χ2v) is 4.38.